The van der Waals surface area contributed by atoms with Crippen LogP contribution in [0.15, 0.2) is 66.2 Å². The number of carboxylic acids is 1. The molecule has 3 N–H and O–H groups in total. The van der Waals surface area contributed by atoms with E-state index in [0.29, 0.717) is 53.8 Å². The lowest BCUT2D eigenvalue weighted by Gasteiger charge is -2.45. The van der Waals surface area contributed by atoms with Crippen LogP contribution in [0.3, 0.4) is 0 Å². The van der Waals surface area contributed by atoms with Gasteiger partial charge in [0.15, 0.2) is 0 Å². The van der Waals surface area contributed by atoms with Gasteiger partial charge < -0.3 is 34.8 Å². The summed E-state index contributed by atoms with van der Waals surface area (Å²) in [7, 11) is 0. The van der Waals surface area contributed by atoms with Crippen LogP contribution in [-0.4, -0.2) is 88.3 Å². The van der Waals surface area contributed by atoms with E-state index in [1.807, 2.05) is 50.2 Å². The van der Waals surface area contributed by atoms with Gasteiger partial charge in [-0.15, -0.1) is 0 Å². The Morgan fingerprint density at radius 1 is 1.00 bits per heavy atom. The van der Waals surface area contributed by atoms with Crippen LogP contribution in [0.25, 0.3) is 5.57 Å². The van der Waals surface area contributed by atoms with Crippen molar-refractivity contribution >= 4 is 35.0 Å². The number of carboxylic acid groups (broad SMARTS) is 1. The second kappa shape index (κ2) is 15.8. The van der Waals surface area contributed by atoms with Crippen LogP contribution in [0.2, 0.25) is 5.02 Å². The molecule has 1 aliphatic carbocycles. The quantitative estimate of drug-likeness (QED) is 0.192. The minimum absolute atomic E-state index is 0.0206. The van der Waals surface area contributed by atoms with Gasteiger partial charge in [0.25, 0.3) is 5.91 Å². The largest absolute Gasteiger partial charge is 0.490 e. The van der Waals surface area contributed by atoms with E-state index in [2.05, 4.69) is 5.32 Å². The number of aliphatic hydroxyl groups excluding tert-OH is 1. The van der Waals surface area contributed by atoms with Gasteiger partial charge in [-0.3, -0.25) is 14.4 Å². The van der Waals surface area contributed by atoms with E-state index in [4.69, 9.17) is 26.2 Å². The second-order valence-corrected chi connectivity index (χ2v) is 14.0. The lowest BCUT2D eigenvalue weighted by atomic mass is 9.82. The third kappa shape index (κ3) is 8.90. The molecule has 6 rings (SSSR count). The number of benzene rings is 3. The maximum atomic E-state index is 14.8. The van der Waals surface area contributed by atoms with Crippen LogP contribution in [0.1, 0.15) is 54.4 Å². The summed E-state index contributed by atoms with van der Waals surface area (Å²) in [6.07, 6.45) is -0.0696. The smallest absolute Gasteiger partial charge is 0.305 e. The fourth-order valence-corrected chi connectivity index (χ4v) is 7.09. The summed E-state index contributed by atoms with van der Waals surface area (Å²) in [5, 5.41) is 23.3. The molecule has 12 heteroatoms. The van der Waals surface area contributed by atoms with Crippen molar-refractivity contribution in [2.45, 2.75) is 76.7 Å². The lowest BCUT2D eigenvalue weighted by molar-refractivity contribution is -0.141. The summed E-state index contributed by atoms with van der Waals surface area (Å²) in [5.74, 6) is -0.909. The highest BCUT2D eigenvalue weighted by Crippen LogP contribution is 2.38. The molecule has 2 heterocycles. The van der Waals surface area contributed by atoms with E-state index in [-0.39, 0.29) is 49.2 Å². The Balaban J connectivity index is 1.23. The monoisotopic (exact) mass is 719 g/mol. The van der Waals surface area contributed by atoms with Gasteiger partial charge in [0, 0.05) is 42.9 Å². The van der Waals surface area contributed by atoms with Crippen molar-refractivity contribution in [3.05, 3.63) is 99.3 Å². The fraction of sp³-hybridized carbons (Fsp3) is 0.410. The molecule has 2 bridgehead atoms. The molecule has 3 aromatic rings. The Bertz CT molecular complexity index is 1810. The number of hydrogen-bond donors (Lipinski definition) is 3. The van der Waals surface area contributed by atoms with E-state index in [0.717, 1.165) is 35.1 Å². The SMILES string of the molecule is Cc1cc(Cl)c(OCCOc2ccc(C3=C(C(=O)N(Cc4ccccc4F)C4CC4)[C@H]4CN(C(=O)C[C@H](O)CC(=O)O)C[C@@H](C3)N4)cc2)cc1C. The number of halogens is 2. The van der Waals surface area contributed by atoms with Crippen molar-refractivity contribution in [1.82, 2.24) is 15.1 Å². The molecular weight excluding hydrogens is 677 g/mol. The molecule has 3 aromatic carbocycles. The number of nitrogens with one attached hydrogen (secondary N) is 1. The number of carbonyl (C=O) groups excluding carboxylic acids is 2. The van der Waals surface area contributed by atoms with E-state index >= 15 is 0 Å². The van der Waals surface area contributed by atoms with Crippen LogP contribution in [0.5, 0.6) is 11.5 Å². The molecule has 3 aliphatic rings. The van der Waals surface area contributed by atoms with Gasteiger partial charge in [-0.1, -0.05) is 41.9 Å². The van der Waals surface area contributed by atoms with Crippen LogP contribution in [0, 0.1) is 19.7 Å². The summed E-state index contributed by atoms with van der Waals surface area (Å²) in [6.45, 7) is 5.21. The van der Waals surface area contributed by atoms with Gasteiger partial charge in [0.05, 0.1) is 30.0 Å². The van der Waals surface area contributed by atoms with Crippen LogP contribution >= 0.6 is 11.6 Å². The molecule has 1 saturated heterocycles. The number of hydrogen-bond acceptors (Lipinski definition) is 7. The maximum Gasteiger partial charge on any atom is 0.305 e. The third-order valence-electron chi connectivity index (χ3n) is 9.72. The number of ether oxygens (including phenoxy) is 2. The van der Waals surface area contributed by atoms with Crippen LogP contribution < -0.4 is 14.8 Å². The standard InChI is InChI=1S/C39H43ClFN3O7/c1-23-15-32(40)35(16-24(23)2)51-14-13-50-30-11-7-25(8-12-30)31-17-27-21-43(36(46)18-29(45)19-37(47)48)22-34(42-27)38(31)39(49)44(28-9-10-28)20-26-5-3-4-6-33(26)41/h3-8,11-12,15-16,27-29,34,42,45H,9-10,13-14,17-22H2,1-2H3,(H,47,48)/t27-,29+,34-/m1/s1. The molecule has 2 amide bonds. The van der Waals surface area contributed by atoms with E-state index in [1.165, 1.54) is 6.07 Å². The van der Waals surface area contributed by atoms with Crippen LogP contribution in [-0.2, 0) is 20.9 Å². The van der Waals surface area contributed by atoms with Gasteiger partial charge in [0.2, 0.25) is 5.91 Å². The summed E-state index contributed by atoms with van der Waals surface area (Å²) in [6, 6.07) is 17.1. The first-order chi connectivity index (χ1) is 24.5. The second-order valence-electron chi connectivity index (χ2n) is 13.6. The minimum atomic E-state index is -1.31. The summed E-state index contributed by atoms with van der Waals surface area (Å²) < 4.78 is 26.6. The fourth-order valence-electron chi connectivity index (χ4n) is 6.82. The van der Waals surface area contributed by atoms with Crippen molar-refractivity contribution in [2.75, 3.05) is 26.3 Å². The van der Waals surface area contributed by atoms with Crippen LogP contribution in [0.4, 0.5) is 4.39 Å². The normalized spacial score (nSPS) is 19.0. The van der Waals surface area contributed by atoms with Gasteiger partial charge in [-0.2, -0.15) is 0 Å². The molecule has 10 nitrogen and oxygen atoms in total. The average Bonchev–Trinajstić information content (AvgIpc) is 3.93. The maximum absolute atomic E-state index is 14.8. The van der Waals surface area contributed by atoms with Gasteiger partial charge in [0.1, 0.15) is 30.5 Å². The van der Waals surface area contributed by atoms with Crippen molar-refractivity contribution in [3.63, 3.8) is 0 Å². The number of aryl methyl sites for hydroxylation is 2. The molecule has 2 fully saturated rings. The van der Waals surface area contributed by atoms with Gasteiger partial charge in [-0.05, 0) is 85.7 Å². The predicted octanol–water partition coefficient (Wildman–Crippen LogP) is 5.30. The molecular formula is C39H43ClFN3O7. The first-order valence-corrected chi connectivity index (χ1v) is 17.7. The molecule has 51 heavy (non-hydrogen) atoms. The molecule has 0 spiro atoms. The van der Waals surface area contributed by atoms with E-state index in [1.54, 1.807) is 28.0 Å². The highest BCUT2D eigenvalue weighted by atomic mass is 35.5. The number of rotatable bonds is 14. The van der Waals surface area contributed by atoms with Crippen molar-refractivity contribution in [3.8, 4) is 11.5 Å². The summed E-state index contributed by atoms with van der Waals surface area (Å²) in [4.78, 5) is 42.3. The first kappa shape index (κ1) is 36.3. The van der Waals surface area contributed by atoms with Crippen molar-refractivity contribution in [2.24, 2.45) is 0 Å². The zero-order valence-corrected chi connectivity index (χ0v) is 29.5. The number of fused-ring (bicyclic) bond motifs is 2. The topological polar surface area (TPSA) is 129 Å². The van der Waals surface area contributed by atoms with E-state index in [9.17, 15) is 23.9 Å². The Morgan fingerprint density at radius 3 is 2.41 bits per heavy atom. The lowest BCUT2D eigenvalue weighted by Crippen LogP contribution is -2.62. The molecule has 3 atom stereocenters. The summed E-state index contributed by atoms with van der Waals surface area (Å²) in [5.41, 5.74) is 4.82. The predicted molar refractivity (Wildman–Crippen MR) is 190 cm³/mol. The van der Waals surface area contributed by atoms with Gasteiger partial charge >= 0.3 is 5.97 Å². The number of carbonyl (C=O) groups is 3. The minimum Gasteiger partial charge on any atom is -0.490 e. The number of amides is 2. The highest BCUT2D eigenvalue weighted by Gasteiger charge is 2.43. The zero-order valence-electron chi connectivity index (χ0n) is 28.7. The van der Waals surface area contributed by atoms with E-state index < -0.39 is 24.5 Å². The number of aliphatic carboxylic acids is 1. The molecule has 0 radical (unpaired) electrons. The molecule has 0 unspecified atom stereocenters. The Kier molecular flexibility index (Phi) is 11.3. The summed E-state index contributed by atoms with van der Waals surface area (Å²) >= 11 is 6.34. The van der Waals surface area contributed by atoms with Crippen molar-refractivity contribution < 1.29 is 38.5 Å². The Morgan fingerprint density at radius 2 is 1.71 bits per heavy atom. The number of nitrogens with zero attached hydrogens (tertiary/aromatic N) is 2. The number of aliphatic hydroxyl groups is 1. The molecule has 0 aromatic heterocycles. The number of piperazine rings is 1. The molecule has 1 saturated carbocycles. The van der Waals surface area contributed by atoms with Crippen molar-refractivity contribution in [1.29, 1.82) is 0 Å². The molecule has 270 valence electrons. The third-order valence-corrected chi connectivity index (χ3v) is 10.0. The highest BCUT2D eigenvalue weighted by molar-refractivity contribution is 6.32. The zero-order chi connectivity index (χ0) is 36.2. The first-order valence-electron chi connectivity index (χ1n) is 17.3. The Labute approximate surface area is 301 Å². The average molecular weight is 720 g/mol. The van der Waals surface area contributed by atoms with Gasteiger partial charge in [-0.25, -0.2) is 4.39 Å². The Hall–Kier alpha value is -4.45. The molecule has 2 aliphatic heterocycles.